The zero-order valence-corrected chi connectivity index (χ0v) is 31.2. The van der Waals surface area contributed by atoms with E-state index in [0.717, 1.165) is 6.92 Å². The molecule has 0 unspecified atom stereocenters. The highest BCUT2D eigenvalue weighted by atomic mass is 31.2. The molecule has 6 amide bonds. The van der Waals surface area contributed by atoms with Gasteiger partial charge in [-0.05, 0) is 39.0 Å². The van der Waals surface area contributed by atoms with Crippen molar-refractivity contribution in [3.8, 4) is 0 Å². The van der Waals surface area contributed by atoms with Crippen molar-refractivity contribution in [2.24, 2.45) is 11.7 Å². The fraction of sp³-hybridized carbons (Fsp3) is 0.710. The summed E-state index contributed by atoms with van der Waals surface area (Å²) in [6.07, 6.45) is 2.31. The van der Waals surface area contributed by atoms with Crippen LogP contribution in [-0.2, 0) is 55.6 Å². The third kappa shape index (κ3) is 14.8. The Morgan fingerprint density at radius 1 is 0.981 bits per heavy atom. The molecular formula is C31H53N8O13P. The van der Waals surface area contributed by atoms with Crippen molar-refractivity contribution in [1.29, 1.82) is 0 Å². The number of ether oxygens (including phenoxy) is 1. The molecule has 6 atom stereocenters. The van der Waals surface area contributed by atoms with E-state index in [1.165, 1.54) is 17.4 Å². The molecule has 1 fully saturated rings. The average Bonchev–Trinajstić information content (AvgIpc) is 3.76. The molecule has 0 aliphatic carbocycles. The Morgan fingerprint density at radius 2 is 1.62 bits per heavy atom. The van der Waals surface area contributed by atoms with Crippen molar-refractivity contribution < 1.29 is 62.6 Å². The number of phosphoric ester groups is 1. The summed E-state index contributed by atoms with van der Waals surface area (Å²) >= 11 is 0. The number of rotatable bonds is 23. The summed E-state index contributed by atoms with van der Waals surface area (Å²) in [5, 5.41) is 28.7. The molecule has 1 aliphatic rings. The number of nitrogens with one attached hydrogen (secondary N) is 4. The van der Waals surface area contributed by atoms with E-state index in [2.05, 4.69) is 30.8 Å². The summed E-state index contributed by atoms with van der Waals surface area (Å²) in [6.45, 7) is 6.27. The second kappa shape index (κ2) is 21.7. The predicted octanol–water partition coefficient (Wildman–Crippen LogP) is -3.20. The van der Waals surface area contributed by atoms with Crippen LogP contribution in [0, 0.1) is 5.92 Å². The Hall–Kier alpha value is -3.98. The smallest absolute Gasteiger partial charge is 0.394 e. The van der Waals surface area contributed by atoms with Crippen molar-refractivity contribution in [3.63, 3.8) is 0 Å². The van der Waals surface area contributed by atoms with Crippen molar-refractivity contribution in [2.45, 2.75) is 103 Å². The van der Waals surface area contributed by atoms with Gasteiger partial charge in [-0.2, -0.15) is 0 Å². The largest absolute Gasteiger partial charge is 0.469 e. The lowest BCUT2D eigenvalue weighted by Gasteiger charge is -2.29. The fourth-order valence-electron chi connectivity index (χ4n) is 5.69. The molecule has 2 rings (SSSR count). The number of aryl methyl sites for hydroxylation is 1. The lowest BCUT2D eigenvalue weighted by molar-refractivity contribution is -0.140. The lowest BCUT2D eigenvalue weighted by Crippen LogP contribution is -2.61. The van der Waals surface area contributed by atoms with Crippen molar-refractivity contribution in [1.82, 2.24) is 35.7 Å². The lowest BCUT2D eigenvalue weighted by atomic mass is 10.0. The molecule has 1 aromatic rings. The first kappa shape index (κ1) is 45.2. The Morgan fingerprint density at radius 3 is 2.21 bits per heavy atom. The van der Waals surface area contributed by atoms with E-state index in [4.69, 9.17) is 25.4 Å². The number of aliphatic hydroxyl groups excluding tert-OH is 2. The van der Waals surface area contributed by atoms with Crippen LogP contribution in [0.15, 0.2) is 12.5 Å². The van der Waals surface area contributed by atoms with Crippen LogP contribution in [-0.4, -0.2) is 139 Å². The number of carbonyl (C=O) groups excluding carboxylic acids is 6. The molecule has 22 heteroatoms. The van der Waals surface area contributed by atoms with E-state index < -0.39 is 80.3 Å². The number of aromatic nitrogens is 2. The zero-order chi connectivity index (χ0) is 39.9. The molecule has 0 saturated carbocycles. The van der Waals surface area contributed by atoms with E-state index in [0.29, 0.717) is 31.6 Å². The zero-order valence-electron chi connectivity index (χ0n) is 30.3. The normalized spacial score (nSPS) is 17.4. The van der Waals surface area contributed by atoms with Crippen LogP contribution in [0.1, 0.15) is 59.1 Å². The molecule has 1 saturated heterocycles. The third-order valence-electron chi connectivity index (χ3n) is 8.29. The highest BCUT2D eigenvalue weighted by molar-refractivity contribution is 7.46. The number of carbonyl (C=O) groups is 6. The molecule has 1 aliphatic heterocycles. The quantitative estimate of drug-likeness (QED) is 0.0391. The van der Waals surface area contributed by atoms with Crippen LogP contribution in [0.25, 0.3) is 0 Å². The maximum atomic E-state index is 13.8. The minimum Gasteiger partial charge on any atom is -0.394 e. The number of imidazole rings is 1. The van der Waals surface area contributed by atoms with Crippen molar-refractivity contribution in [3.05, 3.63) is 18.2 Å². The minimum atomic E-state index is -5.10. The number of hydrogen-bond acceptors (Lipinski definition) is 12. The Kier molecular flexibility index (Phi) is 18.5. The monoisotopic (exact) mass is 776 g/mol. The SMILES string of the molecule is CCn1cncc1C[C@H](NC(=O)[C@H](CC(C)C)NC(=O)[C@@H]1CCCN1C(=O)CCOCCO)C(=O)N[C@@H](CO)C(=O)N[C@H](C(N)=O)[C@@H](C)OP(=O)(O)O. The molecule has 0 aromatic carbocycles. The number of nitrogens with two attached hydrogens (primary N) is 1. The fourth-order valence-corrected chi connectivity index (χ4v) is 6.24. The Balaban J connectivity index is 2.28. The van der Waals surface area contributed by atoms with Gasteiger partial charge in [0, 0.05) is 31.4 Å². The van der Waals surface area contributed by atoms with Crippen LogP contribution in [0.3, 0.4) is 0 Å². The van der Waals surface area contributed by atoms with Crippen molar-refractivity contribution >= 4 is 43.3 Å². The Labute approximate surface area is 307 Å². The van der Waals surface area contributed by atoms with Crippen LogP contribution < -0.4 is 27.0 Å². The Bertz CT molecular complexity index is 1450. The summed E-state index contributed by atoms with van der Waals surface area (Å²) in [6, 6.07) is -6.90. The van der Waals surface area contributed by atoms with Gasteiger partial charge in [-0.3, -0.25) is 33.3 Å². The van der Waals surface area contributed by atoms with E-state index in [1.54, 1.807) is 4.57 Å². The van der Waals surface area contributed by atoms with Gasteiger partial charge in [-0.1, -0.05) is 13.8 Å². The van der Waals surface area contributed by atoms with Gasteiger partial charge < -0.3 is 61.2 Å². The molecule has 0 bridgehead atoms. The van der Waals surface area contributed by atoms with Gasteiger partial charge in [0.2, 0.25) is 35.4 Å². The van der Waals surface area contributed by atoms with Crippen LogP contribution in [0.5, 0.6) is 0 Å². The van der Waals surface area contributed by atoms with Gasteiger partial charge >= 0.3 is 7.82 Å². The maximum absolute atomic E-state index is 13.8. The van der Waals surface area contributed by atoms with Crippen LogP contribution in [0.4, 0.5) is 0 Å². The number of hydrogen-bond donors (Lipinski definition) is 9. The number of amides is 6. The van der Waals surface area contributed by atoms with Crippen LogP contribution in [0.2, 0.25) is 0 Å². The maximum Gasteiger partial charge on any atom is 0.469 e. The van der Waals surface area contributed by atoms with Gasteiger partial charge in [-0.15, -0.1) is 0 Å². The van der Waals surface area contributed by atoms with Crippen molar-refractivity contribution in [2.75, 3.05) is 33.0 Å². The highest BCUT2D eigenvalue weighted by Crippen LogP contribution is 2.38. The van der Waals surface area contributed by atoms with Gasteiger partial charge in [0.25, 0.3) is 0 Å². The molecule has 21 nitrogen and oxygen atoms in total. The molecule has 2 heterocycles. The molecular weight excluding hydrogens is 723 g/mol. The number of phosphoric acid groups is 1. The summed E-state index contributed by atoms with van der Waals surface area (Å²) < 4.78 is 22.6. The molecule has 10 N–H and O–H groups in total. The summed E-state index contributed by atoms with van der Waals surface area (Å²) in [5.41, 5.74) is 5.80. The van der Waals surface area contributed by atoms with E-state index >= 15 is 0 Å². The first-order valence-electron chi connectivity index (χ1n) is 17.2. The standard InChI is InChI=1S/C31H53N8O13P/c1-5-38-17-33-15-20(38)14-22(29(45)36-23(16-41)30(46)37-26(27(32)43)19(4)52-53(48,49)50)34-28(44)21(13-18(2)3)35-31(47)24-7-6-9-39(24)25(42)8-11-51-12-10-40/h15,17-19,21-24,26,40-41H,5-14,16H2,1-4H3,(H2,32,43)(H,34,44)(H,35,47)(H,36,45)(H,37,46)(H2,48,49,50)/t19-,21+,22+,23+,24+,26+/m1/s1. The van der Waals surface area contributed by atoms with E-state index in [1.807, 2.05) is 20.8 Å². The van der Waals surface area contributed by atoms with Gasteiger partial charge in [-0.25, -0.2) is 9.55 Å². The molecule has 53 heavy (non-hydrogen) atoms. The van der Waals surface area contributed by atoms with Gasteiger partial charge in [0.05, 0.1) is 45.3 Å². The first-order chi connectivity index (χ1) is 24.9. The van der Waals surface area contributed by atoms with Crippen LogP contribution >= 0.6 is 7.82 Å². The number of primary amides is 1. The summed E-state index contributed by atoms with van der Waals surface area (Å²) in [5.74, 6) is -5.06. The molecule has 1 aromatic heterocycles. The summed E-state index contributed by atoms with van der Waals surface area (Å²) in [7, 11) is -5.10. The summed E-state index contributed by atoms with van der Waals surface area (Å²) in [4.78, 5) is 103. The molecule has 0 radical (unpaired) electrons. The minimum absolute atomic E-state index is 0.00106. The topological polar surface area (TPSA) is 314 Å². The number of aliphatic hydroxyl groups is 2. The van der Waals surface area contributed by atoms with E-state index in [9.17, 15) is 38.4 Å². The first-order valence-corrected chi connectivity index (χ1v) is 18.8. The third-order valence-corrected chi connectivity index (χ3v) is 8.90. The average molecular weight is 777 g/mol. The second-order valence-corrected chi connectivity index (χ2v) is 14.1. The highest BCUT2D eigenvalue weighted by Gasteiger charge is 2.38. The number of likely N-dealkylation sites (tertiary alicyclic amines) is 1. The van der Waals surface area contributed by atoms with E-state index in [-0.39, 0.29) is 50.9 Å². The number of nitrogens with zero attached hydrogens (tertiary/aromatic N) is 3. The van der Waals surface area contributed by atoms with Gasteiger partial charge in [0.15, 0.2) is 0 Å². The second-order valence-electron chi connectivity index (χ2n) is 12.9. The molecule has 0 spiro atoms. The van der Waals surface area contributed by atoms with Gasteiger partial charge in [0.1, 0.15) is 30.2 Å². The molecule has 300 valence electrons. The predicted molar refractivity (Wildman–Crippen MR) is 185 cm³/mol.